The molecule has 0 radical (unpaired) electrons. The standard InChI is InChI=1S/C34H51N7O14/c42-27(43)9-8-26(33(53)54)37-34(55)36-25(32(51)52)3-1-2-10-35-31(50)24-6-4-23(5-7-24)19-38-11-13-39(20-28(44)45)15-17-41(22-30(48)49)18-16-40(14-12-38)21-29(46)47/h4-7,25-26H,1-3,8-22H2,(H,35,50)(H,42,43)(H,44,45)(H,46,47)(H,48,49)(H,51,52)(H,53,54)(H2,36,37,55)/t25-,26-/m0/s1. The van der Waals surface area contributed by atoms with Gasteiger partial charge in [-0.3, -0.25) is 43.6 Å². The van der Waals surface area contributed by atoms with Gasteiger partial charge >= 0.3 is 41.8 Å². The average Bonchev–Trinajstić information content (AvgIpc) is 3.09. The lowest BCUT2D eigenvalue weighted by atomic mass is 10.1. The summed E-state index contributed by atoms with van der Waals surface area (Å²) in [6.07, 6.45) is -0.289. The molecule has 0 aromatic heterocycles. The number of hydrogen-bond acceptors (Lipinski definition) is 12. The third kappa shape index (κ3) is 19.5. The van der Waals surface area contributed by atoms with Crippen molar-refractivity contribution in [3.05, 3.63) is 35.4 Å². The topological polar surface area (TPSA) is 307 Å². The molecule has 55 heavy (non-hydrogen) atoms. The number of carbonyl (C=O) groups is 8. The highest BCUT2D eigenvalue weighted by Gasteiger charge is 2.25. The maximum absolute atomic E-state index is 12.8. The molecule has 1 saturated heterocycles. The highest BCUT2D eigenvalue weighted by Crippen LogP contribution is 2.10. The largest absolute Gasteiger partial charge is 0.481 e. The number of hydrogen-bond donors (Lipinski definition) is 9. The van der Waals surface area contributed by atoms with Crippen LogP contribution in [0.15, 0.2) is 24.3 Å². The lowest BCUT2D eigenvalue weighted by molar-refractivity contribution is -0.141. The molecule has 0 bridgehead atoms. The van der Waals surface area contributed by atoms with Crippen LogP contribution in [0.1, 0.15) is 48.0 Å². The first kappa shape index (κ1) is 45.8. The van der Waals surface area contributed by atoms with Crippen molar-refractivity contribution < 1.29 is 69.0 Å². The third-order valence-corrected chi connectivity index (χ3v) is 8.69. The van der Waals surface area contributed by atoms with Gasteiger partial charge in [0.15, 0.2) is 0 Å². The SMILES string of the molecule is O=C(O)CC[C@H](NC(=O)N[C@@H](CCCCNC(=O)c1ccc(CN2CCN(CC(=O)O)CCN(CC(=O)O)CCN(CC(=O)O)CC2)cc1)C(=O)O)C(=O)O. The summed E-state index contributed by atoms with van der Waals surface area (Å²) in [6.45, 7) is 2.68. The second-order valence-electron chi connectivity index (χ2n) is 13.1. The van der Waals surface area contributed by atoms with Crippen LogP contribution in [0.25, 0.3) is 0 Å². The van der Waals surface area contributed by atoms with E-state index in [1.807, 2.05) is 0 Å². The highest BCUT2D eigenvalue weighted by atomic mass is 16.4. The van der Waals surface area contributed by atoms with Crippen LogP contribution in [-0.4, -0.2) is 189 Å². The van der Waals surface area contributed by atoms with Crippen molar-refractivity contribution >= 4 is 47.8 Å². The first-order valence-corrected chi connectivity index (χ1v) is 17.7. The van der Waals surface area contributed by atoms with Gasteiger partial charge in [0.2, 0.25) is 0 Å². The Kier molecular flexibility index (Phi) is 20.1. The van der Waals surface area contributed by atoms with Crippen molar-refractivity contribution in [1.82, 2.24) is 35.6 Å². The lowest BCUT2D eigenvalue weighted by Gasteiger charge is -2.33. The van der Waals surface area contributed by atoms with Gasteiger partial charge in [-0.25, -0.2) is 14.4 Å². The minimum absolute atomic E-state index is 0.0258. The zero-order chi connectivity index (χ0) is 40.9. The van der Waals surface area contributed by atoms with Gasteiger partial charge in [0.05, 0.1) is 19.6 Å². The zero-order valence-corrected chi connectivity index (χ0v) is 30.4. The van der Waals surface area contributed by atoms with Gasteiger partial charge in [-0.2, -0.15) is 0 Å². The summed E-state index contributed by atoms with van der Waals surface area (Å²) >= 11 is 0. The molecule has 1 heterocycles. The second kappa shape index (κ2) is 24.1. The van der Waals surface area contributed by atoms with Gasteiger partial charge in [0, 0.05) is 77.4 Å². The van der Waals surface area contributed by atoms with Crippen LogP contribution in [0.4, 0.5) is 4.79 Å². The Labute approximate surface area is 316 Å². The first-order valence-electron chi connectivity index (χ1n) is 17.7. The number of carboxylic acids is 6. The third-order valence-electron chi connectivity index (χ3n) is 8.69. The summed E-state index contributed by atoms with van der Waals surface area (Å²) in [4.78, 5) is 100. The van der Waals surface area contributed by atoms with Gasteiger partial charge in [0.25, 0.3) is 5.91 Å². The van der Waals surface area contributed by atoms with E-state index in [0.29, 0.717) is 57.8 Å². The van der Waals surface area contributed by atoms with E-state index >= 15 is 0 Å². The van der Waals surface area contributed by atoms with Crippen LogP contribution >= 0.6 is 0 Å². The Morgan fingerprint density at radius 2 is 0.964 bits per heavy atom. The Bertz CT molecular complexity index is 1450. The first-order chi connectivity index (χ1) is 26.0. The summed E-state index contributed by atoms with van der Waals surface area (Å²) in [5.41, 5.74) is 1.21. The molecule has 1 aliphatic heterocycles. The Balaban J connectivity index is 1.94. The second-order valence-corrected chi connectivity index (χ2v) is 13.1. The maximum Gasteiger partial charge on any atom is 0.326 e. The van der Waals surface area contributed by atoms with Crippen LogP contribution in [0.2, 0.25) is 0 Å². The summed E-state index contributed by atoms with van der Waals surface area (Å²) in [5.74, 6) is -7.53. The summed E-state index contributed by atoms with van der Waals surface area (Å²) in [6, 6.07) is 2.85. The van der Waals surface area contributed by atoms with Crippen LogP contribution in [0, 0.1) is 0 Å². The molecule has 2 atom stereocenters. The molecule has 9 N–H and O–H groups in total. The number of unbranched alkanes of at least 4 members (excludes halogenated alkanes) is 1. The van der Waals surface area contributed by atoms with Gasteiger partial charge in [-0.15, -0.1) is 0 Å². The van der Waals surface area contributed by atoms with Crippen LogP contribution in [-0.2, 0) is 35.3 Å². The molecule has 3 amide bonds. The fourth-order valence-corrected chi connectivity index (χ4v) is 5.72. The average molecular weight is 782 g/mol. The molecule has 21 heteroatoms. The zero-order valence-electron chi connectivity index (χ0n) is 30.4. The predicted molar refractivity (Wildman–Crippen MR) is 192 cm³/mol. The molecule has 1 aromatic rings. The molecular weight excluding hydrogens is 730 g/mol. The number of carboxylic acid groups (broad SMARTS) is 6. The van der Waals surface area contributed by atoms with Crippen molar-refractivity contribution in [3.8, 4) is 0 Å². The van der Waals surface area contributed by atoms with Gasteiger partial charge < -0.3 is 46.6 Å². The maximum atomic E-state index is 12.8. The van der Waals surface area contributed by atoms with E-state index in [0.717, 1.165) is 5.56 Å². The molecule has 1 fully saturated rings. The Hall–Kier alpha value is -5.38. The van der Waals surface area contributed by atoms with E-state index in [2.05, 4.69) is 20.9 Å². The number of amides is 3. The van der Waals surface area contributed by atoms with Crippen LogP contribution in [0.3, 0.4) is 0 Å². The van der Waals surface area contributed by atoms with Gasteiger partial charge in [-0.1, -0.05) is 12.1 Å². The highest BCUT2D eigenvalue weighted by molar-refractivity contribution is 5.94. The summed E-state index contributed by atoms with van der Waals surface area (Å²) in [7, 11) is 0. The van der Waals surface area contributed by atoms with E-state index in [9.17, 15) is 63.9 Å². The molecule has 0 saturated carbocycles. The van der Waals surface area contributed by atoms with E-state index in [1.54, 1.807) is 39.0 Å². The number of rotatable bonds is 21. The number of urea groups is 1. The summed E-state index contributed by atoms with van der Waals surface area (Å²) < 4.78 is 0. The minimum atomic E-state index is -1.52. The Morgan fingerprint density at radius 1 is 0.545 bits per heavy atom. The molecular formula is C34H51N7O14. The normalized spacial score (nSPS) is 16.4. The molecule has 0 aliphatic carbocycles. The van der Waals surface area contributed by atoms with Gasteiger partial charge in [0.1, 0.15) is 12.1 Å². The number of benzene rings is 1. The molecule has 2 rings (SSSR count). The van der Waals surface area contributed by atoms with E-state index in [-0.39, 0.29) is 64.4 Å². The predicted octanol–water partition coefficient (Wildman–Crippen LogP) is -1.37. The van der Waals surface area contributed by atoms with E-state index in [1.165, 1.54) is 0 Å². The monoisotopic (exact) mass is 781 g/mol. The minimum Gasteiger partial charge on any atom is -0.481 e. The molecule has 0 spiro atoms. The number of aliphatic carboxylic acids is 6. The van der Waals surface area contributed by atoms with Crippen molar-refractivity contribution in [2.45, 2.75) is 50.7 Å². The van der Waals surface area contributed by atoms with Crippen LogP contribution in [0.5, 0.6) is 0 Å². The number of nitrogens with zero attached hydrogens (tertiary/aromatic N) is 4. The smallest absolute Gasteiger partial charge is 0.326 e. The fraction of sp³-hybridized carbons (Fsp3) is 0.588. The number of nitrogens with one attached hydrogen (secondary N) is 3. The Morgan fingerprint density at radius 3 is 1.36 bits per heavy atom. The van der Waals surface area contributed by atoms with E-state index in [4.69, 9.17) is 5.11 Å². The van der Waals surface area contributed by atoms with Crippen LogP contribution < -0.4 is 16.0 Å². The van der Waals surface area contributed by atoms with Crippen molar-refractivity contribution in [1.29, 1.82) is 0 Å². The van der Waals surface area contributed by atoms with Crippen molar-refractivity contribution in [3.63, 3.8) is 0 Å². The quantitative estimate of drug-likeness (QED) is 0.0650. The molecule has 0 unspecified atom stereocenters. The summed E-state index contributed by atoms with van der Waals surface area (Å²) in [5, 5.41) is 62.6. The lowest BCUT2D eigenvalue weighted by Crippen LogP contribution is -2.51. The molecule has 1 aliphatic rings. The molecule has 21 nitrogen and oxygen atoms in total. The van der Waals surface area contributed by atoms with Crippen molar-refractivity contribution in [2.24, 2.45) is 0 Å². The molecule has 1 aromatic carbocycles. The van der Waals surface area contributed by atoms with E-state index < -0.39 is 60.4 Å². The number of carbonyl (C=O) groups excluding carboxylic acids is 2. The fourth-order valence-electron chi connectivity index (χ4n) is 5.72. The van der Waals surface area contributed by atoms with Crippen molar-refractivity contribution in [2.75, 3.05) is 78.5 Å². The van der Waals surface area contributed by atoms with Gasteiger partial charge in [-0.05, 0) is 43.4 Å². The molecule has 306 valence electrons.